The number of rotatable bonds is 7. The summed E-state index contributed by atoms with van der Waals surface area (Å²) in [5.41, 5.74) is 1.44. The second-order valence-electron chi connectivity index (χ2n) is 6.26. The molecule has 2 N–H and O–H groups in total. The highest BCUT2D eigenvalue weighted by Gasteiger charge is 2.24. The molecule has 0 aliphatic carbocycles. The molecule has 29 heavy (non-hydrogen) atoms. The van der Waals surface area contributed by atoms with Gasteiger partial charge in [-0.3, -0.25) is 4.79 Å². The minimum absolute atomic E-state index is 0.184. The van der Waals surface area contributed by atoms with Crippen LogP contribution < -0.4 is 5.32 Å². The highest BCUT2D eigenvalue weighted by atomic mass is 19.1. The van der Waals surface area contributed by atoms with E-state index in [-0.39, 0.29) is 12.0 Å². The molecule has 1 amide bonds. The fourth-order valence-electron chi connectivity index (χ4n) is 2.93. The number of hydrogen-bond acceptors (Lipinski definition) is 5. The van der Waals surface area contributed by atoms with Gasteiger partial charge in [-0.25, -0.2) is 14.0 Å². The summed E-state index contributed by atoms with van der Waals surface area (Å²) in [7, 11) is 1.22. The zero-order chi connectivity index (χ0) is 20.8. The topological polar surface area (TPSA) is 97.5 Å². The Balaban J connectivity index is 1.64. The molecule has 7 nitrogen and oxygen atoms in total. The molecule has 0 saturated carbocycles. The van der Waals surface area contributed by atoms with Gasteiger partial charge in [-0.2, -0.15) is 0 Å². The molecule has 0 saturated heterocycles. The van der Waals surface area contributed by atoms with Gasteiger partial charge in [0.15, 0.2) is 6.61 Å². The van der Waals surface area contributed by atoms with Crippen LogP contribution >= 0.6 is 0 Å². The van der Waals surface area contributed by atoms with Crippen molar-refractivity contribution in [1.29, 1.82) is 0 Å². The van der Waals surface area contributed by atoms with Crippen molar-refractivity contribution in [2.45, 2.75) is 12.5 Å². The molecule has 2 aromatic carbocycles. The molecule has 3 aromatic rings. The molecule has 1 aromatic heterocycles. The number of benzene rings is 2. The van der Waals surface area contributed by atoms with Crippen molar-refractivity contribution in [2.24, 2.45) is 0 Å². The number of carbonyl (C=O) groups is 3. The predicted molar refractivity (Wildman–Crippen MR) is 103 cm³/mol. The van der Waals surface area contributed by atoms with Gasteiger partial charge in [0.25, 0.3) is 5.91 Å². The van der Waals surface area contributed by atoms with Gasteiger partial charge in [-0.15, -0.1) is 0 Å². The molecule has 0 bridgehead atoms. The SMILES string of the molecule is COC(=O)[C@@H](Cc1c[nH]c2ccccc12)NC(=O)COC(=O)c1ccccc1F. The number of aromatic amines is 1. The number of aromatic nitrogens is 1. The lowest BCUT2D eigenvalue weighted by atomic mass is 10.0. The first kappa shape index (κ1) is 20.1. The molecule has 1 atom stereocenters. The maximum absolute atomic E-state index is 13.6. The molecule has 8 heteroatoms. The van der Waals surface area contributed by atoms with Gasteiger partial charge in [0.2, 0.25) is 0 Å². The van der Waals surface area contributed by atoms with E-state index in [4.69, 9.17) is 9.47 Å². The zero-order valence-corrected chi connectivity index (χ0v) is 15.6. The van der Waals surface area contributed by atoms with Gasteiger partial charge in [-0.1, -0.05) is 30.3 Å². The fraction of sp³-hybridized carbons (Fsp3) is 0.190. The largest absolute Gasteiger partial charge is 0.467 e. The van der Waals surface area contributed by atoms with Gasteiger partial charge in [0.1, 0.15) is 11.9 Å². The van der Waals surface area contributed by atoms with E-state index in [0.29, 0.717) is 0 Å². The minimum Gasteiger partial charge on any atom is -0.467 e. The number of amides is 1. The lowest BCUT2D eigenvalue weighted by Gasteiger charge is -2.16. The standard InChI is InChI=1S/C21H19FN2O5/c1-28-21(27)18(10-13-11-23-17-9-5-3-6-14(13)17)24-19(25)12-29-20(26)15-7-2-4-8-16(15)22/h2-9,11,18,23H,10,12H2,1H3,(H,24,25)/t18-/m1/s1. The highest BCUT2D eigenvalue weighted by molar-refractivity contribution is 5.92. The van der Waals surface area contributed by atoms with Crippen molar-refractivity contribution >= 4 is 28.7 Å². The Hall–Kier alpha value is -3.68. The van der Waals surface area contributed by atoms with Crippen LogP contribution in [0, 0.1) is 5.82 Å². The van der Waals surface area contributed by atoms with Gasteiger partial charge >= 0.3 is 11.9 Å². The third-order valence-electron chi connectivity index (χ3n) is 4.35. The molecule has 0 fully saturated rings. The first-order chi connectivity index (χ1) is 14.0. The smallest absolute Gasteiger partial charge is 0.341 e. The quantitative estimate of drug-likeness (QED) is 0.596. The Bertz CT molecular complexity index is 1050. The van der Waals surface area contributed by atoms with Crippen LogP contribution in [0.3, 0.4) is 0 Å². The maximum atomic E-state index is 13.6. The van der Waals surface area contributed by atoms with E-state index in [0.717, 1.165) is 22.5 Å². The summed E-state index contributed by atoms with van der Waals surface area (Å²) in [6.45, 7) is -0.658. The first-order valence-corrected chi connectivity index (χ1v) is 8.83. The van der Waals surface area contributed by atoms with Crippen LogP contribution in [0.4, 0.5) is 4.39 Å². The van der Waals surface area contributed by atoms with Crippen molar-refractivity contribution in [3.05, 3.63) is 71.7 Å². The molecule has 0 aliphatic rings. The Kier molecular flexibility index (Phi) is 6.23. The number of ether oxygens (including phenoxy) is 2. The molecule has 0 aliphatic heterocycles. The highest BCUT2D eigenvalue weighted by Crippen LogP contribution is 2.19. The van der Waals surface area contributed by atoms with Crippen LogP contribution in [0.15, 0.2) is 54.7 Å². The minimum atomic E-state index is -0.973. The van der Waals surface area contributed by atoms with Crippen LogP contribution in [-0.2, 0) is 25.5 Å². The Morgan fingerprint density at radius 2 is 1.83 bits per heavy atom. The summed E-state index contributed by atoms with van der Waals surface area (Å²) in [6, 6.07) is 11.9. The first-order valence-electron chi connectivity index (χ1n) is 8.83. The molecular weight excluding hydrogens is 379 g/mol. The van der Waals surface area contributed by atoms with Gasteiger partial charge < -0.3 is 19.8 Å². The lowest BCUT2D eigenvalue weighted by molar-refractivity contribution is -0.145. The number of nitrogens with one attached hydrogen (secondary N) is 2. The molecule has 3 rings (SSSR count). The normalized spacial score (nSPS) is 11.7. The monoisotopic (exact) mass is 398 g/mol. The Labute approximate surface area is 165 Å². The van der Waals surface area contributed by atoms with Crippen molar-refractivity contribution in [3.8, 4) is 0 Å². The van der Waals surface area contributed by atoms with Crippen LogP contribution in [0.5, 0.6) is 0 Å². The average Bonchev–Trinajstić information content (AvgIpc) is 3.14. The van der Waals surface area contributed by atoms with Crippen molar-refractivity contribution in [2.75, 3.05) is 13.7 Å². The summed E-state index contributed by atoms with van der Waals surface area (Å²) in [5.74, 6) is -3.05. The number of hydrogen-bond donors (Lipinski definition) is 2. The number of para-hydroxylation sites is 1. The van der Waals surface area contributed by atoms with Crippen LogP contribution in [0.2, 0.25) is 0 Å². The molecule has 0 unspecified atom stereocenters. The summed E-state index contributed by atoms with van der Waals surface area (Å²) >= 11 is 0. The van der Waals surface area contributed by atoms with E-state index in [9.17, 15) is 18.8 Å². The van der Waals surface area contributed by atoms with E-state index < -0.39 is 36.3 Å². The molecular formula is C21H19FN2O5. The number of H-pyrrole nitrogens is 1. The second kappa shape index (κ2) is 9.01. The van der Waals surface area contributed by atoms with Crippen LogP contribution in [-0.4, -0.2) is 42.6 Å². The fourth-order valence-corrected chi connectivity index (χ4v) is 2.93. The van der Waals surface area contributed by atoms with Gasteiger partial charge in [0.05, 0.1) is 12.7 Å². The Morgan fingerprint density at radius 1 is 1.10 bits per heavy atom. The van der Waals surface area contributed by atoms with Gasteiger partial charge in [-0.05, 0) is 23.8 Å². The molecule has 150 valence electrons. The van der Waals surface area contributed by atoms with Crippen molar-refractivity contribution < 1.29 is 28.2 Å². The summed E-state index contributed by atoms with van der Waals surface area (Å²) < 4.78 is 23.2. The molecule has 0 spiro atoms. The van der Waals surface area contributed by atoms with Crippen LogP contribution in [0.1, 0.15) is 15.9 Å². The number of carbonyl (C=O) groups excluding carboxylic acids is 3. The Morgan fingerprint density at radius 3 is 2.59 bits per heavy atom. The zero-order valence-electron chi connectivity index (χ0n) is 15.6. The summed E-state index contributed by atoms with van der Waals surface area (Å²) in [5, 5.41) is 3.41. The summed E-state index contributed by atoms with van der Waals surface area (Å²) in [4.78, 5) is 39.3. The lowest BCUT2D eigenvalue weighted by Crippen LogP contribution is -2.44. The van der Waals surface area contributed by atoms with E-state index >= 15 is 0 Å². The van der Waals surface area contributed by atoms with E-state index in [2.05, 4.69) is 10.3 Å². The molecule has 0 radical (unpaired) electrons. The number of fused-ring (bicyclic) bond motifs is 1. The third-order valence-corrected chi connectivity index (χ3v) is 4.35. The van der Waals surface area contributed by atoms with E-state index in [1.54, 1.807) is 6.20 Å². The van der Waals surface area contributed by atoms with E-state index in [1.807, 2.05) is 24.3 Å². The molecule has 1 heterocycles. The predicted octanol–water partition coefficient (Wildman–Crippen LogP) is 2.36. The van der Waals surface area contributed by atoms with E-state index in [1.165, 1.54) is 25.3 Å². The maximum Gasteiger partial charge on any atom is 0.341 e. The number of esters is 2. The third kappa shape index (κ3) is 4.78. The van der Waals surface area contributed by atoms with Crippen molar-refractivity contribution in [3.63, 3.8) is 0 Å². The van der Waals surface area contributed by atoms with Crippen molar-refractivity contribution in [1.82, 2.24) is 10.3 Å². The van der Waals surface area contributed by atoms with Gasteiger partial charge in [0, 0.05) is 23.5 Å². The number of methoxy groups -OCH3 is 1. The average molecular weight is 398 g/mol. The second-order valence-corrected chi connectivity index (χ2v) is 6.26. The summed E-state index contributed by atoms with van der Waals surface area (Å²) in [6.07, 6.45) is 1.94. The van der Waals surface area contributed by atoms with Crippen LogP contribution in [0.25, 0.3) is 10.9 Å². The number of halogens is 1.